The summed E-state index contributed by atoms with van der Waals surface area (Å²) in [6, 6.07) is 6.01. The predicted molar refractivity (Wildman–Crippen MR) is 89.7 cm³/mol. The van der Waals surface area contributed by atoms with E-state index in [-0.39, 0.29) is 12.1 Å². The Morgan fingerprint density at radius 2 is 2.04 bits per heavy atom. The van der Waals surface area contributed by atoms with Crippen LogP contribution in [0.5, 0.6) is 5.06 Å². The van der Waals surface area contributed by atoms with Crippen molar-refractivity contribution in [2.45, 2.75) is 18.9 Å². The predicted octanol–water partition coefficient (Wildman–Crippen LogP) is 2.99. The Balaban J connectivity index is 1.37. The molecule has 5 nitrogen and oxygen atoms in total. The minimum Gasteiger partial charge on any atom is -0.399 e. The van der Waals surface area contributed by atoms with Gasteiger partial charge >= 0.3 is 6.09 Å². The van der Waals surface area contributed by atoms with E-state index < -0.39 is 0 Å². The molecule has 1 amide bonds. The molecule has 3 saturated heterocycles. The van der Waals surface area contributed by atoms with Crippen molar-refractivity contribution >= 4 is 17.4 Å². The van der Waals surface area contributed by atoms with Gasteiger partial charge in [-0.25, -0.2) is 4.79 Å². The molecule has 0 saturated carbocycles. The third-order valence-corrected chi connectivity index (χ3v) is 5.55. The van der Waals surface area contributed by atoms with Crippen LogP contribution in [0.25, 0.3) is 11.1 Å². The van der Waals surface area contributed by atoms with Gasteiger partial charge in [-0.05, 0) is 55.1 Å². The van der Waals surface area contributed by atoms with Crippen LogP contribution in [0, 0.1) is 5.92 Å². The summed E-state index contributed by atoms with van der Waals surface area (Å²) in [5.41, 5.74) is 2.12. The van der Waals surface area contributed by atoms with Crippen LogP contribution < -0.4 is 10.1 Å². The van der Waals surface area contributed by atoms with E-state index in [0.717, 1.165) is 30.8 Å². The number of rotatable bonds is 3. The average molecular weight is 329 g/mol. The number of aromatic nitrogens is 1. The largest absolute Gasteiger partial charge is 0.413 e. The number of piperidine rings is 3. The van der Waals surface area contributed by atoms with E-state index in [4.69, 9.17) is 4.74 Å². The number of amides is 1. The van der Waals surface area contributed by atoms with Gasteiger partial charge in [-0.15, -0.1) is 11.3 Å². The monoisotopic (exact) mass is 329 g/mol. The molecule has 0 radical (unpaired) electrons. The van der Waals surface area contributed by atoms with Crippen molar-refractivity contribution in [2.75, 3.05) is 19.6 Å². The number of thiophene rings is 1. The fraction of sp³-hybridized carbons (Fsp3) is 0.412. The zero-order valence-corrected chi connectivity index (χ0v) is 13.6. The Hall–Kier alpha value is -1.92. The summed E-state index contributed by atoms with van der Waals surface area (Å²) in [6.07, 6.45) is 5.53. The van der Waals surface area contributed by atoms with Crippen molar-refractivity contribution in [3.63, 3.8) is 0 Å². The lowest BCUT2D eigenvalue weighted by Gasteiger charge is -2.44. The van der Waals surface area contributed by atoms with Crippen LogP contribution >= 0.6 is 11.3 Å². The zero-order chi connectivity index (χ0) is 15.6. The van der Waals surface area contributed by atoms with Crippen LogP contribution in [-0.2, 0) is 0 Å². The first kappa shape index (κ1) is 14.7. The van der Waals surface area contributed by atoms with Crippen molar-refractivity contribution in [1.82, 2.24) is 15.2 Å². The minimum atomic E-state index is -0.341. The van der Waals surface area contributed by atoms with Crippen LogP contribution in [0.1, 0.15) is 12.8 Å². The maximum absolute atomic E-state index is 12.1. The fourth-order valence-electron chi connectivity index (χ4n) is 3.47. The number of nitrogens with one attached hydrogen (secondary N) is 1. The van der Waals surface area contributed by atoms with E-state index in [1.807, 2.05) is 23.6 Å². The number of ether oxygens (including phenoxy) is 1. The van der Waals surface area contributed by atoms with Crippen LogP contribution in [0.4, 0.5) is 4.79 Å². The lowest BCUT2D eigenvalue weighted by molar-refractivity contribution is 0.0726. The molecule has 0 spiro atoms. The Labute approximate surface area is 139 Å². The fourth-order valence-corrected chi connectivity index (χ4v) is 4.23. The highest BCUT2D eigenvalue weighted by molar-refractivity contribution is 7.12. The second kappa shape index (κ2) is 6.29. The van der Waals surface area contributed by atoms with Gasteiger partial charge in [0.15, 0.2) is 5.06 Å². The van der Waals surface area contributed by atoms with E-state index in [1.54, 1.807) is 12.4 Å². The molecule has 0 aromatic carbocycles. The van der Waals surface area contributed by atoms with Gasteiger partial charge in [0, 0.05) is 36.4 Å². The molecule has 3 aliphatic rings. The molecular weight excluding hydrogens is 310 g/mol. The van der Waals surface area contributed by atoms with Gasteiger partial charge < -0.3 is 15.0 Å². The van der Waals surface area contributed by atoms with Crippen molar-refractivity contribution in [2.24, 2.45) is 5.92 Å². The zero-order valence-electron chi connectivity index (χ0n) is 12.8. The van der Waals surface area contributed by atoms with E-state index >= 15 is 0 Å². The number of fused-ring (bicyclic) bond motifs is 3. The number of hydrogen-bond acceptors (Lipinski definition) is 5. The lowest BCUT2D eigenvalue weighted by Crippen LogP contribution is -2.57. The maximum atomic E-state index is 12.1. The topological polar surface area (TPSA) is 54.5 Å². The highest BCUT2D eigenvalue weighted by atomic mass is 32.1. The van der Waals surface area contributed by atoms with Crippen LogP contribution in [0.3, 0.4) is 0 Å². The van der Waals surface area contributed by atoms with Gasteiger partial charge in [0.2, 0.25) is 0 Å². The van der Waals surface area contributed by atoms with Crippen LogP contribution in [0.2, 0.25) is 0 Å². The molecule has 120 valence electrons. The van der Waals surface area contributed by atoms with E-state index in [2.05, 4.69) is 15.2 Å². The molecule has 2 aromatic heterocycles. The summed E-state index contributed by atoms with van der Waals surface area (Å²) < 4.78 is 5.46. The molecule has 1 unspecified atom stereocenters. The number of pyridine rings is 1. The highest BCUT2D eigenvalue weighted by Gasteiger charge is 2.35. The summed E-state index contributed by atoms with van der Waals surface area (Å²) in [4.78, 5) is 18.6. The quantitative estimate of drug-likeness (QED) is 0.940. The molecular formula is C17H19N3O2S. The van der Waals surface area contributed by atoms with Gasteiger partial charge in [0.05, 0.1) is 0 Å². The van der Waals surface area contributed by atoms with Crippen molar-refractivity contribution in [3.05, 3.63) is 36.0 Å². The van der Waals surface area contributed by atoms with Gasteiger partial charge in [0.1, 0.15) is 0 Å². The Morgan fingerprint density at radius 1 is 1.26 bits per heavy atom. The summed E-state index contributed by atoms with van der Waals surface area (Å²) in [5, 5.41) is 5.65. The molecule has 2 aromatic rings. The summed E-state index contributed by atoms with van der Waals surface area (Å²) in [5.74, 6) is 0.600. The second-order valence-electron chi connectivity index (χ2n) is 6.17. The standard InChI is InChI=1S/C17H19N3O2S/c21-17(19-15-10-20-7-3-13(15)4-8-20)22-16-9-14(11-23-16)12-1-5-18-6-2-12/h1-2,5-6,9,11,13,15H,3-4,7-8,10H2,(H,19,21). The Bertz CT molecular complexity index is 680. The maximum Gasteiger partial charge on any atom is 0.413 e. The van der Waals surface area contributed by atoms with Crippen molar-refractivity contribution in [1.29, 1.82) is 0 Å². The molecule has 3 aliphatic heterocycles. The molecule has 1 N–H and O–H groups in total. The van der Waals surface area contributed by atoms with Crippen LogP contribution in [-0.4, -0.2) is 41.7 Å². The smallest absolute Gasteiger partial charge is 0.399 e. The first-order valence-electron chi connectivity index (χ1n) is 7.97. The normalized spacial score (nSPS) is 26.0. The first-order chi connectivity index (χ1) is 11.3. The number of hydrogen-bond donors (Lipinski definition) is 1. The number of carbonyl (C=O) groups excluding carboxylic acids is 1. The van der Waals surface area contributed by atoms with Crippen LogP contribution in [0.15, 0.2) is 36.0 Å². The number of carbonyl (C=O) groups is 1. The number of nitrogens with zero attached hydrogens (tertiary/aromatic N) is 2. The van der Waals surface area contributed by atoms with Crippen molar-refractivity contribution in [3.8, 4) is 16.2 Å². The molecule has 1 atom stereocenters. The molecule has 5 rings (SSSR count). The van der Waals surface area contributed by atoms with E-state index in [0.29, 0.717) is 11.0 Å². The molecule has 2 bridgehead atoms. The second-order valence-corrected chi connectivity index (χ2v) is 7.04. The molecule has 6 heteroatoms. The summed E-state index contributed by atoms with van der Waals surface area (Å²) in [6.45, 7) is 3.28. The van der Waals surface area contributed by atoms with Crippen molar-refractivity contribution < 1.29 is 9.53 Å². The van der Waals surface area contributed by atoms with Gasteiger partial charge in [-0.2, -0.15) is 0 Å². The van der Waals surface area contributed by atoms with E-state index in [1.165, 1.54) is 24.2 Å². The highest BCUT2D eigenvalue weighted by Crippen LogP contribution is 2.31. The summed E-state index contributed by atoms with van der Waals surface area (Å²) >= 11 is 1.44. The minimum absolute atomic E-state index is 0.227. The third-order valence-electron chi connectivity index (χ3n) is 4.74. The Kier molecular flexibility index (Phi) is 4.01. The van der Waals surface area contributed by atoms with Gasteiger partial charge in [0.25, 0.3) is 0 Å². The first-order valence-corrected chi connectivity index (χ1v) is 8.85. The summed E-state index contributed by atoms with van der Waals surface area (Å²) in [7, 11) is 0. The Morgan fingerprint density at radius 3 is 2.74 bits per heavy atom. The molecule has 23 heavy (non-hydrogen) atoms. The van der Waals surface area contributed by atoms with Gasteiger partial charge in [-0.3, -0.25) is 4.98 Å². The SMILES string of the molecule is O=C(NC1CN2CCC1CC2)Oc1cc(-c2ccncc2)cs1. The molecule has 3 fully saturated rings. The average Bonchev–Trinajstić information content (AvgIpc) is 3.05. The molecule has 0 aliphatic carbocycles. The third kappa shape index (κ3) is 3.23. The lowest BCUT2D eigenvalue weighted by atomic mass is 9.84. The molecule has 5 heterocycles. The van der Waals surface area contributed by atoms with E-state index in [9.17, 15) is 4.79 Å². The van der Waals surface area contributed by atoms with Gasteiger partial charge in [-0.1, -0.05) is 0 Å².